The molecule has 1 aliphatic carbocycles. The topological polar surface area (TPSA) is 128 Å². The zero-order valence-electron chi connectivity index (χ0n) is 19.4. The Hall–Kier alpha value is -3.43. The van der Waals surface area contributed by atoms with Gasteiger partial charge >= 0.3 is 12.1 Å². The van der Waals surface area contributed by atoms with Gasteiger partial charge in [0, 0.05) is 18.9 Å². The Balaban J connectivity index is 1.66. The van der Waals surface area contributed by atoms with E-state index < -0.39 is 30.1 Å². The maximum Gasteiger partial charge on any atom is 0.407 e. The highest BCUT2D eigenvalue weighted by Gasteiger charge is 2.30. The third-order valence-electron chi connectivity index (χ3n) is 5.85. The van der Waals surface area contributed by atoms with Crippen LogP contribution in [0.15, 0.2) is 48.5 Å². The van der Waals surface area contributed by atoms with E-state index in [0.717, 1.165) is 22.3 Å². The Morgan fingerprint density at radius 2 is 1.53 bits per heavy atom. The molecule has 0 aromatic heterocycles. The monoisotopic (exact) mass is 469 g/mol. The molecule has 4 N–H and O–H groups in total. The number of carboxylic acids is 1. The molecule has 0 spiro atoms. The summed E-state index contributed by atoms with van der Waals surface area (Å²) in [5.41, 5.74) is 4.37. The number of aliphatic hydroxyl groups is 1. The van der Waals surface area contributed by atoms with Crippen LogP contribution in [-0.4, -0.2) is 79.0 Å². The van der Waals surface area contributed by atoms with E-state index >= 15 is 0 Å². The van der Waals surface area contributed by atoms with Crippen molar-refractivity contribution in [3.05, 3.63) is 59.7 Å². The van der Waals surface area contributed by atoms with Crippen molar-refractivity contribution < 1.29 is 29.3 Å². The van der Waals surface area contributed by atoms with Crippen molar-refractivity contribution in [1.29, 1.82) is 0 Å². The number of carbonyl (C=O) groups excluding carboxylic acids is 2. The maximum absolute atomic E-state index is 12.7. The van der Waals surface area contributed by atoms with Crippen LogP contribution < -0.4 is 10.6 Å². The molecule has 2 aromatic carbocycles. The third-order valence-corrected chi connectivity index (χ3v) is 5.85. The van der Waals surface area contributed by atoms with Crippen molar-refractivity contribution in [3.8, 4) is 11.1 Å². The minimum atomic E-state index is -1.25. The summed E-state index contributed by atoms with van der Waals surface area (Å²) in [4.78, 5) is 38.6. The van der Waals surface area contributed by atoms with Gasteiger partial charge in [-0.1, -0.05) is 48.5 Å². The zero-order chi connectivity index (χ0) is 24.7. The molecular formula is C25H31N3O6. The smallest absolute Gasteiger partial charge is 0.407 e. The van der Waals surface area contributed by atoms with Crippen LogP contribution in [0.5, 0.6) is 0 Å². The van der Waals surface area contributed by atoms with Crippen molar-refractivity contribution in [2.75, 3.05) is 33.9 Å². The van der Waals surface area contributed by atoms with Crippen molar-refractivity contribution in [3.63, 3.8) is 0 Å². The van der Waals surface area contributed by atoms with Gasteiger partial charge in [0.15, 0.2) is 0 Å². The van der Waals surface area contributed by atoms with E-state index in [1.54, 1.807) is 0 Å². The highest BCUT2D eigenvalue weighted by Crippen LogP contribution is 2.44. The fourth-order valence-corrected chi connectivity index (χ4v) is 4.10. The number of ether oxygens (including phenoxy) is 1. The molecule has 1 unspecified atom stereocenters. The van der Waals surface area contributed by atoms with Gasteiger partial charge < -0.3 is 30.5 Å². The molecule has 1 aliphatic rings. The lowest BCUT2D eigenvalue weighted by Gasteiger charge is -2.23. The van der Waals surface area contributed by atoms with Crippen LogP contribution >= 0.6 is 0 Å². The van der Waals surface area contributed by atoms with Crippen LogP contribution in [0.25, 0.3) is 11.1 Å². The first-order chi connectivity index (χ1) is 16.3. The SMILES string of the molecule is CN(C)CCC(NC(=O)OCC1c2ccccc2-c2ccccc21)C(=O)N[C@@H](CCO)C(=O)O. The molecule has 0 aliphatic heterocycles. The van der Waals surface area contributed by atoms with E-state index in [1.807, 2.05) is 67.5 Å². The van der Waals surface area contributed by atoms with Crippen LogP contribution in [0.1, 0.15) is 29.9 Å². The molecule has 2 aromatic rings. The second-order valence-electron chi connectivity index (χ2n) is 8.53. The Kier molecular flexibility index (Phi) is 8.61. The lowest BCUT2D eigenvalue weighted by atomic mass is 9.98. The molecular weight excluding hydrogens is 438 g/mol. The number of carbonyl (C=O) groups is 3. The van der Waals surface area contributed by atoms with Crippen LogP contribution in [0.3, 0.4) is 0 Å². The van der Waals surface area contributed by atoms with Gasteiger partial charge in [-0.25, -0.2) is 9.59 Å². The molecule has 34 heavy (non-hydrogen) atoms. The average Bonchev–Trinajstić information content (AvgIpc) is 3.13. The predicted molar refractivity (Wildman–Crippen MR) is 126 cm³/mol. The highest BCUT2D eigenvalue weighted by molar-refractivity contribution is 5.89. The number of alkyl carbamates (subject to hydrolysis) is 1. The Morgan fingerprint density at radius 3 is 2.06 bits per heavy atom. The molecule has 2 amide bonds. The largest absolute Gasteiger partial charge is 0.480 e. The number of rotatable bonds is 11. The summed E-state index contributed by atoms with van der Waals surface area (Å²) in [6.07, 6.45) is -0.629. The number of carboxylic acid groups (broad SMARTS) is 1. The second-order valence-corrected chi connectivity index (χ2v) is 8.53. The minimum absolute atomic E-state index is 0.101. The van der Waals surface area contributed by atoms with E-state index in [-0.39, 0.29) is 32.0 Å². The first kappa shape index (κ1) is 25.2. The number of aliphatic hydroxyl groups excluding tert-OH is 1. The Labute approximate surface area is 198 Å². The molecule has 0 saturated heterocycles. The number of hydrogen-bond acceptors (Lipinski definition) is 6. The normalized spacial score (nSPS) is 14.1. The number of nitrogens with one attached hydrogen (secondary N) is 2. The second kappa shape index (κ2) is 11.6. The molecule has 0 saturated carbocycles. The quantitative estimate of drug-likeness (QED) is 0.395. The molecule has 0 radical (unpaired) electrons. The standard InChI is InChI=1S/C25H31N3O6/c1-28(2)13-11-21(23(30)26-22(12-14-29)24(31)32)27-25(33)34-15-20-18-9-5-3-7-16(18)17-8-4-6-10-19(17)20/h3-10,20-22,29H,11-15H2,1-2H3,(H,26,30)(H,27,33)(H,31,32)/t21?,22-/m0/s1. The number of aliphatic carboxylic acids is 1. The number of nitrogens with zero attached hydrogens (tertiary/aromatic N) is 1. The van der Waals surface area contributed by atoms with Crippen molar-refractivity contribution in [2.24, 2.45) is 0 Å². The van der Waals surface area contributed by atoms with Crippen LogP contribution in [-0.2, 0) is 14.3 Å². The maximum atomic E-state index is 12.7. The summed E-state index contributed by atoms with van der Waals surface area (Å²) >= 11 is 0. The number of fused-ring (bicyclic) bond motifs is 3. The van der Waals surface area contributed by atoms with Gasteiger partial charge in [-0.05, 0) is 49.3 Å². The first-order valence-electron chi connectivity index (χ1n) is 11.2. The predicted octanol–water partition coefficient (Wildman–Crippen LogP) is 1.80. The van der Waals surface area contributed by atoms with Crippen LogP contribution in [0.2, 0.25) is 0 Å². The van der Waals surface area contributed by atoms with Gasteiger partial charge in [-0.2, -0.15) is 0 Å². The molecule has 3 rings (SSSR count). The zero-order valence-corrected chi connectivity index (χ0v) is 19.4. The molecule has 0 bridgehead atoms. The summed E-state index contributed by atoms with van der Waals surface area (Å²) in [6.45, 7) is 0.197. The molecule has 0 fully saturated rings. The molecule has 9 nitrogen and oxygen atoms in total. The van der Waals surface area contributed by atoms with Crippen LogP contribution in [0.4, 0.5) is 4.79 Å². The van der Waals surface area contributed by atoms with Crippen molar-refractivity contribution >= 4 is 18.0 Å². The highest BCUT2D eigenvalue weighted by atomic mass is 16.5. The average molecular weight is 470 g/mol. The lowest BCUT2D eigenvalue weighted by Crippen LogP contribution is -2.52. The van der Waals surface area contributed by atoms with Crippen LogP contribution in [0, 0.1) is 0 Å². The van der Waals surface area contributed by atoms with E-state index in [0.29, 0.717) is 6.54 Å². The molecule has 9 heteroatoms. The van der Waals surface area contributed by atoms with Crippen molar-refractivity contribution in [2.45, 2.75) is 30.8 Å². The van der Waals surface area contributed by atoms with Gasteiger partial charge in [-0.15, -0.1) is 0 Å². The summed E-state index contributed by atoms with van der Waals surface area (Å²) in [7, 11) is 3.65. The Morgan fingerprint density at radius 1 is 0.941 bits per heavy atom. The van der Waals surface area contributed by atoms with Gasteiger partial charge in [0.05, 0.1) is 0 Å². The van der Waals surface area contributed by atoms with Gasteiger partial charge in [-0.3, -0.25) is 4.79 Å². The van der Waals surface area contributed by atoms with Gasteiger partial charge in [0.25, 0.3) is 0 Å². The number of benzene rings is 2. The fourth-order valence-electron chi connectivity index (χ4n) is 4.10. The summed E-state index contributed by atoms with van der Waals surface area (Å²) in [6, 6.07) is 13.7. The summed E-state index contributed by atoms with van der Waals surface area (Å²) < 4.78 is 5.53. The van der Waals surface area contributed by atoms with E-state index in [2.05, 4.69) is 10.6 Å². The molecule has 0 heterocycles. The van der Waals surface area contributed by atoms with Gasteiger partial charge in [0.1, 0.15) is 18.7 Å². The number of hydrogen-bond donors (Lipinski definition) is 4. The molecule has 2 atom stereocenters. The Bertz CT molecular complexity index is 980. The van der Waals surface area contributed by atoms with Gasteiger partial charge in [0.2, 0.25) is 5.91 Å². The molecule has 182 valence electrons. The van der Waals surface area contributed by atoms with E-state index in [9.17, 15) is 19.5 Å². The van der Waals surface area contributed by atoms with Crippen molar-refractivity contribution in [1.82, 2.24) is 15.5 Å². The fraction of sp³-hybridized carbons (Fsp3) is 0.400. The minimum Gasteiger partial charge on any atom is -0.480 e. The van der Waals surface area contributed by atoms with E-state index in [1.165, 1.54) is 0 Å². The summed E-state index contributed by atoms with van der Waals surface area (Å²) in [5, 5.41) is 23.3. The number of amides is 2. The summed E-state index contributed by atoms with van der Waals surface area (Å²) in [5.74, 6) is -2.01. The third kappa shape index (κ3) is 6.12. The lowest BCUT2D eigenvalue weighted by molar-refractivity contribution is -0.142. The van der Waals surface area contributed by atoms with E-state index in [4.69, 9.17) is 9.84 Å². The first-order valence-corrected chi connectivity index (χ1v) is 11.2.